The molecule has 1 fully saturated rings. The van der Waals surface area contributed by atoms with E-state index in [9.17, 15) is 5.11 Å². The molecule has 1 saturated heterocycles. The fourth-order valence-electron chi connectivity index (χ4n) is 3.27. The van der Waals surface area contributed by atoms with Gasteiger partial charge in [0.05, 0.1) is 25.9 Å². The summed E-state index contributed by atoms with van der Waals surface area (Å²) >= 11 is 0. The highest BCUT2D eigenvalue weighted by Gasteiger charge is 2.29. The average Bonchev–Trinajstić information content (AvgIpc) is 2.50. The number of rotatable bonds is 6. The van der Waals surface area contributed by atoms with Gasteiger partial charge in [-0.05, 0) is 45.5 Å². The van der Waals surface area contributed by atoms with Gasteiger partial charge in [0.25, 0.3) is 0 Å². The van der Waals surface area contributed by atoms with Gasteiger partial charge >= 0.3 is 0 Å². The summed E-state index contributed by atoms with van der Waals surface area (Å²) in [6, 6.07) is 6.35. The molecule has 0 aromatic heterocycles. The Morgan fingerprint density at radius 2 is 2.00 bits per heavy atom. The van der Waals surface area contributed by atoms with Crippen molar-refractivity contribution in [3.63, 3.8) is 0 Å². The van der Waals surface area contributed by atoms with E-state index in [2.05, 4.69) is 23.8 Å². The monoisotopic (exact) mass is 322 g/mol. The minimum absolute atomic E-state index is 0.0147. The van der Waals surface area contributed by atoms with Gasteiger partial charge < -0.3 is 19.5 Å². The molecule has 0 radical (unpaired) electrons. The van der Waals surface area contributed by atoms with Crippen LogP contribution < -0.4 is 9.47 Å². The lowest BCUT2D eigenvalue weighted by Crippen LogP contribution is -2.52. The van der Waals surface area contributed by atoms with Crippen LogP contribution in [0.4, 0.5) is 0 Å². The Labute approximate surface area is 139 Å². The molecular weight excluding hydrogens is 292 g/mol. The van der Waals surface area contributed by atoms with E-state index in [0.29, 0.717) is 6.04 Å². The third kappa shape index (κ3) is 4.37. The Bertz CT molecular complexity index is 507. The number of likely N-dealkylation sites (N-methyl/N-ethyl adjacent to an activating group) is 1. The second kappa shape index (κ2) is 7.99. The van der Waals surface area contributed by atoms with Gasteiger partial charge in [-0.15, -0.1) is 0 Å². The molecule has 2 rings (SSSR count). The van der Waals surface area contributed by atoms with Crippen molar-refractivity contribution in [3.05, 3.63) is 23.8 Å². The number of methoxy groups -OCH3 is 1. The van der Waals surface area contributed by atoms with Crippen molar-refractivity contribution in [2.45, 2.75) is 39.0 Å². The van der Waals surface area contributed by atoms with E-state index < -0.39 is 0 Å². The van der Waals surface area contributed by atoms with Gasteiger partial charge in [0.15, 0.2) is 11.5 Å². The molecule has 0 bridgehead atoms. The molecule has 5 heteroatoms. The third-order valence-electron chi connectivity index (χ3n) is 4.39. The van der Waals surface area contributed by atoms with Crippen LogP contribution in [0, 0.1) is 0 Å². The van der Waals surface area contributed by atoms with Gasteiger partial charge in [-0.2, -0.15) is 0 Å². The fourth-order valence-corrected chi connectivity index (χ4v) is 3.27. The standard InChI is InChI=1S/C18H30N2O3/c1-13(2)23-18-10-15(6-7-17(18)22-5)16(12-21)20-9-8-19(4)11-14(20)3/h6-7,10,13-14,16,21H,8-9,11-12H2,1-5H3. The molecule has 5 nitrogen and oxygen atoms in total. The highest BCUT2D eigenvalue weighted by molar-refractivity contribution is 5.44. The highest BCUT2D eigenvalue weighted by atomic mass is 16.5. The Hall–Kier alpha value is -1.30. The molecule has 130 valence electrons. The number of aliphatic hydroxyl groups excluding tert-OH is 1. The maximum atomic E-state index is 9.99. The molecule has 23 heavy (non-hydrogen) atoms. The van der Waals surface area contributed by atoms with Crippen LogP contribution in [0.25, 0.3) is 0 Å². The van der Waals surface area contributed by atoms with Gasteiger partial charge in [0.1, 0.15) is 0 Å². The predicted octanol–water partition coefficient (Wildman–Crippen LogP) is 2.15. The number of hydrogen-bond acceptors (Lipinski definition) is 5. The third-order valence-corrected chi connectivity index (χ3v) is 4.39. The van der Waals surface area contributed by atoms with Crippen molar-refractivity contribution in [3.8, 4) is 11.5 Å². The molecule has 0 saturated carbocycles. The van der Waals surface area contributed by atoms with Crippen LogP contribution in [-0.4, -0.2) is 67.5 Å². The van der Waals surface area contributed by atoms with Crippen molar-refractivity contribution in [1.82, 2.24) is 9.80 Å². The largest absolute Gasteiger partial charge is 0.493 e. The van der Waals surface area contributed by atoms with Crippen molar-refractivity contribution in [2.75, 3.05) is 40.4 Å². The summed E-state index contributed by atoms with van der Waals surface area (Å²) in [4.78, 5) is 4.71. The van der Waals surface area contributed by atoms with E-state index in [1.54, 1.807) is 7.11 Å². The Morgan fingerprint density at radius 3 is 2.57 bits per heavy atom. The first kappa shape index (κ1) is 18.0. The molecule has 2 unspecified atom stereocenters. The first-order valence-electron chi connectivity index (χ1n) is 8.36. The van der Waals surface area contributed by atoms with Gasteiger partial charge in [0, 0.05) is 25.7 Å². The lowest BCUT2D eigenvalue weighted by molar-refractivity contribution is 0.0340. The molecule has 1 aliphatic heterocycles. The molecular formula is C18H30N2O3. The lowest BCUT2D eigenvalue weighted by Gasteiger charge is -2.42. The molecule has 0 aliphatic carbocycles. The second-order valence-corrected chi connectivity index (χ2v) is 6.62. The van der Waals surface area contributed by atoms with Gasteiger partial charge in [-0.3, -0.25) is 4.90 Å². The summed E-state index contributed by atoms with van der Waals surface area (Å²) in [5, 5.41) is 9.99. The molecule has 1 aromatic carbocycles. The van der Waals surface area contributed by atoms with Gasteiger partial charge in [0.2, 0.25) is 0 Å². The SMILES string of the molecule is COc1ccc(C(CO)N2CCN(C)CC2C)cc1OC(C)C. The number of aliphatic hydroxyl groups is 1. The summed E-state index contributed by atoms with van der Waals surface area (Å²) in [7, 11) is 3.79. The Balaban J connectivity index is 2.26. The predicted molar refractivity (Wildman–Crippen MR) is 92.2 cm³/mol. The van der Waals surface area contributed by atoms with Crippen molar-refractivity contribution < 1.29 is 14.6 Å². The van der Waals surface area contributed by atoms with Gasteiger partial charge in [-0.1, -0.05) is 6.07 Å². The minimum Gasteiger partial charge on any atom is -0.493 e. The zero-order valence-electron chi connectivity index (χ0n) is 15.0. The molecule has 1 N–H and O–H groups in total. The average molecular weight is 322 g/mol. The van der Waals surface area contributed by atoms with Crippen molar-refractivity contribution in [1.29, 1.82) is 0 Å². The minimum atomic E-state index is -0.0147. The van der Waals surface area contributed by atoms with Crippen LogP contribution in [0.2, 0.25) is 0 Å². The van der Waals surface area contributed by atoms with E-state index in [0.717, 1.165) is 36.7 Å². The van der Waals surface area contributed by atoms with Crippen LogP contribution in [0.3, 0.4) is 0 Å². The summed E-state index contributed by atoms with van der Waals surface area (Å²) in [6.45, 7) is 9.30. The molecule has 1 aliphatic rings. The normalized spacial score (nSPS) is 21.4. The second-order valence-electron chi connectivity index (χ2n) is 6.62. The van der Waals surface area contributed by atoms with Crippen LogP contribution in [-0.2, 0) is 0 Å². The van der Waals surface area contributed by atoms with Crippen LogP contribution in [0.5, 0.6) is 11.5 Å². The first-order chi connectivity index (χ1) is 11.0. The van der Waals surface area contributed by atoms with E-state index in [1.807, 2.05) is 32.0 Å². The number of hydrogen-bond donors (Lipinski definition) is 1. The quantitative estimate of drug-likeness (QED) is 0.869. The zero-order chi connectivity index (χ0) is 17.0. The molecule has 0 spiro atoms. The van der Waals surface area contributed by atoms with Crippen LogP contribution in [0.15, 0.2) is 18.2 Å². The van der Waals surface area contributed by atoms with E-state index in [-0.39, 0.29) is 18.8 Å². The fraction of sp³-hybridized carbons (Fsp3) is 0.667. The molecule has 1 heterocycles. The van der Waals surface area contributed by atoms with Crippen molar-refractivity contribution in [2.24, 2.45) is 0 Å². The lowest BCUT2D eigenvalue weighted by atomic mass is 10.0. The number of piperazine rings is 1. The summed E-state index contributed by atoms with van der Waals surface area (Å²) in [5.41, 5.74) is 1.07. The van der Waals surface area contributed by atoms with Gasteiger partial charge in [-0.25, -0.2) is 0 Å². The number of benzene rings is 1. The summed E-state index contributed by atoms with van der Waals surface area (Å²) in [5.74, 6) is 1.46. The maximum absolute atomic E-state index is 9.99. The molecule has 1 aromatic rings. The highest BCUT2D eigenvalue weighted by Crippen LogP contribution is 2.33. The summed E-state index contributed by atoms with van der Waals surface area (Å²) in [6.07, 6.45) is 0.0780. The van der Waals surface area contributed by atoms with Crippen LogP contribution >= 0.6 is 0 Å². The number of nitrogens with zero attached hydrogens (tertiary/aromatic N) is 2. The summed E-state index contributed by atoms with van der Waals surface area (Å²) < 4.78 is 11.3. The van der Waals surface area contributed by atoms with E-state index in [4.69, 9.17) is 9.47 Å². The number of ether oxygens (including phenoxy) is 2. The Morgan fingerprint density at radius 1 is 1.26 bits per heavy atom. The van der Waals surface area contributed by atoms with Crippen molar-refractivity contribution >= 4 is 0 Å². The topological polar surface area (TPSA) is 45.2 Å². The van der Waals surface area contributed by atoms with E-state index >= 15 is 0 Å². The smallest absolute Gasteiger partial charge is 0.161 e. The molecule has 2 atom stereocenters. The Kier molecular flexibility index (Phi) is 6.27. The first-order valence-corrected chi connectivity index (χ1v) is 8.36. The zero-order valence-corrected chi connectivity index (χ0v) is 15.0. The maximum Gasteiger partial charge on any atom is 0.161 e. The van der Waals surface area contributed by atoms with E-state index in [1.165, 1.54) is 0 Å². The van der Waals surface area contributed by atoms with Crippen LogP contribution in [0.1, 0.15) is 32.4 Å². The molecule has 0 amide bonds.